The zero-order valence-electron chi connectivity index (χ0n) is 15.4. The predicted molar refractivity (Wildman–Crippen MR) is 108 cm³/mol. The van der Waals surface area contributed by atoms with E-state index in [4.69, 9.17) is 0 Å². The van der Waals surface area contributed by atoms with E-state index < -0.39 is 10.0 Å². The number of pyridine rings is 1. The molecule has 10 heteroatoms. The van der Waals surface area contributed by atoms with Gasteiger partial charge < -0.3 is 5.32 Å². The van der Waals surface area contributed by atoms with Gasteiger partial charge in [-0.1, -0.05) is 24.3 Å². The van der Waals surface area contributed by atoms with Crippen LogP contribution in [0.5, 0.6) is 0 Å². The average molecular weight is 409 g/mol. The van der Waals surface area contributed by atoms with Gasteiger partial charge >= 0.3 is 0 Å². The van der Waals surface area contributed by atoms with Crippen molar-refractivity contribution < 1.29 is 8.42 Å². The average Bonchev–Trinajstić information content (AvgIpc) is 3.16. The monoisotopic (exact) mass is 409 g/mol. The normalized spacial score (nSPS) is 11.6. The molecular formula is C19H19N7O2S. The van der Waals surface area contributed by atoms with Gasteiger partial charge in [-0.25, -0.2) is 13.1 Å². The third-order valence-electron chi connectivity index (χ3n) is 4.22. The molecular weight excluding hydrogens is 390 g/mol. The van der Waals surface area contributed by atoms with E-state index in [2.05, 4.69) is 30.3 Å². The lowest BCUT2D eigenvalue weighted by atomic mass is 10.3. The summed E-state index contributed by atoms with van der Waals surface area (Å²) >= 11 is 0. The molecule has 3 aromatic heterocycles. The number of nitrogens with zero attached hydrogens (tertiary/aromatic N) is 5. The summed E-state index contributed by atoms with van der Waals surface area (Å²) in [5, 5.41) is 16.0. The van der Waals surface area contributed by atoms with Crippen LogP contribution in [-0.2, 0) is 23.0 Å². The van der Waals surface area contributed by atoms with Crippen molar-refractivity contribution >= 4 is 21.5 Å². The van der Waals surface area contributed by atoms with Crippen molar-refractivity contribution in [3.63, 3.8) is 0 Å². The van der Waals surface area contributed by atoms with E-state index in [1.807, 2.05) is 24.3 Å². The number of sulfonamides is 1. The number of anilines is 1. The molecule has 9 nitrogen and oxygen atoms in total. The van der Waals surface area contributed by atoms with Crippen LogP contribution in [0.3, 0.4) is 0 Å². The molecule has 3 heterocycles. The minimum absolute atomic E-state index is 0.188. The number of nitrogens with one attached hydrogen (secondary N) is 2. The molecule has 0 spiro atoms. The summed E-state index contributed by atoms with van der Waals surface area (Å²) in [6.07, 6.45) is 3.87. The van der Waals surface area contributed by atoms with Crippen molar-refractivity contribution in [2.75, 3.05) is 11.9 Å². The molecule has 0 saturated carbocycles. The first kappa shape index (κ1) is 19.0. The molecule has 2 N–H and O–H groups in total. The van der Waals surface area contributed by atoms with E-state index in [1.54, 1.807) is 47.2 Å². The van der Waals surface area contributed by atoms with Crippen LogP contribution in [0.4, 0.5) is 5.82 Å². The molecule has 1 aromatic carbocycles. The largest absolute Gasteiger partial charge is 0.364 e. The lowest BCUT2D eigenvalue weighted by Crippen LogP contribution is -2.26. The maximum absolute atomic E-state index is 12.3. The summed E-state index contributed by atoms with van der Waals surface area (Å²) in [6, 6.07) is 15.7. The van der Waals surface area contributed by atoms with Crippen molar-refractivity contribution in [3.05, 3.63) is 78.4 Å². The summed E-state index contributed by atoms with van der Waals surface area (Å²) in [5.41, 5.74) is 1.63. The summed E-state index contributed by atoms with van der Waals surface area (Å²) in [6.45, 7) is 0.772. The molecule has 4 aromatic rings. The maximum Gasteiger partial charge on any atom is 0.240 e. The van der Waals surface area contributed by atoms with Crippen molar-refractivity contribution in [3.8, 4) is 0 Å². The molecule has 0 radical (unpaired) electrons. The Morgan fingerprint density at radius 3 is 2.62 bits per heavy atom. The molecule has 0 saturated heterocycles. The van der Waals surface area contributed by atoms with Crippen LogP contribution in [0.15, 0.2) is 71.9 Å². The van der Waals surface area contributed by atoms with Gasteiger partial charge in [0.05, 0.1) is 4.90 Å². The molecule has 0 aliphatic rings. The van der Waals surface area contributed by atoms with E-state index in [-0.39, 0.29) is 11.4 Å². The Morgan fingerprint density at radius 1 is 0.966 bits per heavy atom. The fourth-order valence-corrected chi connectivity index (χ4v) is 3.81. The lowest BCUT2D eigenvalue weighted by molar-refractivity contribution is 0.580. The van der Waals surface area contributed by atoms with Crippen molar-refractivity contribution in [1.82, 2.24) is 29.5 Å². The highest BCUT2D eigenvalue weighted by atomic mass is 32.2. The number of hydrogen-bond donors (Lipinski definition) is 2. The first-order chi connectivity index (χ1) is 14.1. The van der Waals surface area contributed by atoms with E-state index in [1.165, 1.54) is 0 Å². The number of aromatic nitrogens is 5. The molecule has 0 aliphatic heterocycles. The third kappa shape index (κ3) is 4.55. The van der Waals surface area contributed by atoms with Crippen molar-refractivity contribution in [2.24, 2.45) is 0 Å². The van der Waals surface area contributed by atoms with Gasteiger partial charge in [0.15, 0.2) is 11.5 Å². The molecule has 148 valence electrons. The number of fused-ring (bicyclic) bond motifs is 1. The van der Waals surface area contributed by atoms with Gasteiger partial charge in [0, 0.05) is 31.9 Å². The summed E-state index contributed by atoms with van der Waals surface area (Å²) in [4.78, 5) is 4.31. The van der Waals surface area contributed by atoms with E-state index in [0.29, 0.717) is 30.3 Å². The Balaban J connectivity index is 1.42. The standard InChI is InChI=1S/C19H19N7O2S/c27-29(28,16-6-2-1-3-7-16)22-12-10-19-24-23-18-9-8-17(25-26(18)19)21-14-15-5-4-11-20-13-15/h1-9,11,13,22H,10,12,14H2,(H,21,25). The van der Waals surface area contributed by atoms with E-state index >= 15 is 0 Å². The minimum atomic E-state index is -3.56. The van der Waals surface area contributed by atoms with Gasteiger partial charge in [-0.15, -0.1) is 15.3 Å². The molecule has 0 amide bonds. The number of rotatable bonds is 8. The maximum atomic E-state index is 12.3. The van der Waals surface area contributed by atoms with Crippen LogP contribution >= 0.6 is 0 Å². The van der Waals surface area contributed by atoms with Crippen LogP contribution in [0.1, 0.15) is 11.4 Å². The smallest absolute Gasteiger partial charge is 0.240 e. The SMILES string of the molecule is O=S(=O)(NCCc1nnc2ccc(NCc3cccnc3)nn12)c1ccccc1. The third-order valence-corrected chi connectivity index (χ3v) is 5.69. The predicted octanol–water partition coefficient (Wildman–Crippen LogP) is 1.65. The van der Waals surface area contributed by atoms with Crippen molar-refractivity contribution in [2.45, 2.75) is 17.9 Å². The Morgan fingerprint density at radius 2 is 1.83 bits per heavy atom. The first-order valence-electron chi connectivity index (χ1n) is 9.01. The van der Waals surface area contributed by atoms with Gasteiger partial charge in [0.2, 0.25) is 10.0 Å². The topological polar surface area (TPSA) is 114 Å². The molecule has 0 fully saturated rings. The van der Waals surface area contributed by atoms with Gasteiger partial charge in [0.25, 0.3) is 0 Å². The number of benzene rings is 1. The molecule has 4 rings (SSSR count). The molecule has 29 heavy (non-hydrogen) atoms. The number of hydrogen-bond acceptors (Lipinski definition) is 7. The van der Waals surface area contributed by atoms with E-state index in [9.17, 15) is 8.42 Å². The molecule has 0 unspecified atom stereocenters. The molecule has 0 aliphatic carbocycles. The Kier molecular flexibility index (Phi) is 5.45. The van der Waals surface area contributed by atoms with Gasteiger partial charge in [-0.2, -0.15) is 4.52 Å². The van der Waals surface area contributed by atoms with E-state index in [0.717, 1.165) is 5.56 Å². The van der Waals surface area contributed by atoms with Gasteiger partial charge in [-0.05, 0) is 35.9 Å². The summed E-state index contributed by atoms with van der Waals surface area (Å²) < 4.78 is 28.8. The highest BCUT2D eigenvalue weighted by Gasteiger charge is 2.14. The summed E-state index contributed by atoms with van der Waals surface area (Å²) in [5.74, 6) is 1.23. The highest BCUT2D eigenvalue weighted by Crippen LogP contribution is 2.10. The zero-order chi connectivity index (χ0) is 20.1. The quantitative estimate of drug-likeness (QED) is 0.455. The van der Waals surface area contributed by atoms with Crippen LogP contribution in [0, 0.1) is 0 Å². The van der Waals surface area contributed by atoms with Crippen LogP contribution in [0.25, 0.3) is 5.65 Å². The summed E-state index contributed by atoms with van der Waals surface area (Å²) in [7, 11) is -3.56. The second-order valence-electron chi connectivity index (χ2n) is 6.28. The zero-order valence-corrected chi connectivity index (χ0v) is 16.2. The minimum Gasteiger partial charge on any atom is -0.364 e. The van der Waals surface area contributed by atoms with Crippen molar-refractivity contribution in [1.29, 1.82) is 0 Å². The van der Waals surface area contributed by atoms with Crippen LogP contribution in [-0.4, -0.2) is 39.8 Å². The van der Waals surface area contributed by atoms with Gasteiger partial charge in [-0.3, -0.25) is 4.98 Å². The molecule has 0 bridgehead atoms. The Labute approximate surface area is 167 Å². The molecule has 0 atom stereocenters. The second-order valence-corrected chi connectivity index (χ2v) is 8.05. The van der Waals surface area contributed by atoms with Crippen LogP contribution < -0.4 is 10.0 Å². The Hall–Kier alpha value is -3.37. The van der Waals surface area contributed by atoms with Crippen LogP contribution in [0.2, 0.25) is 0 Å². The lowest BCUT2D eigenvalue weighted by Gasteiger charge is -2.07. The second kappa shape index (κ2) is 8.33. The Bertz CT molecular complexity index is 1200. The fraction of sp³-hybridized carbons (Fsp3) is 0.158. The highest BCUT2D eigenvalue weighted by molar-refractivity contribution is 7.89. The first-order valence-corrected chi connectivity index (χ1v) is 10.5. The van der Waals surface area contributed by atoms with Gasteiger partial charge in [0.1, 0.15) is 5.82 Å². The fourth-order valence-electron chi connectivity index (χ4n) is 2.76.